The molecule has 0 aromatic heterocycles. The summed E-state index contributed by atoms with van der Waals surface area (Å²) in [6.07, 6.45) is 14.5. The number of hydrogen-bond acceptors (Lipinski definition) is 6. The van der Waals surface area contributed by atoms with Crippen molar-refractivity contribution in [1.82, 2.24) is 0 Å². The summed E-state index contributed by atoms with van der Waals surface area (Å²) >= 11 is 0. The van der Waals surface area contributed by atoms with Crippen molar-refractivity contribution in [1.29, 1.82) is 0 Å². The van der Waals surface area contributed by atoms with E-state index in [1.54, 1.807) is 0 Å². The van der Waals surface area contributed by atoms with Gasteiger partial charge in [-0.1, -0.05) is 64.0 Å². The number of aliphatic hydroxyl groups excluding tert-OH is 3. The number of allylic oxidation sites excluding steroid dienone is 1. The Labute approximate surface area is 163 Å². The van der Waals surface area contributed by atoms with Crippen LogP contribution in [0.4, 0.5) is 0 Å². The molecule has 0 spiro atoms. The lowest BCUT2D eigenvalue weighted by atomic mass is 10.1. The minimum atomic E-state index is -1.65. The molecule has 0 saturated carbocycles. The predicted molar refractivity (Wildman–Crippen MR) is 105 cm³/mol. The number of ether oxygens (including phenoxy) is 1. The molecule has 3 N–H and O–H groups in total. The van der Waals surface area contributed by atoms with Gasteiger partial charge in [0.2, 0.25) is 0 Å². The monoisotopic (exact) mass is 386 g/mol. The van der Waals surface area contributed by atoms with Crippen LogP contribution < -0.4 is 0 Å². The maximum atomic E-state index is 11.4. The Morgan fingerprint density at radius 2 is 1.59 bits per heavy atom. The zero-order valence-electron chi connectivity index (χ0n) is 16.8. The second-order valence-corrected chi connectivity index (χ2v) is 7.01. The molecule has 0 bridgehead atoms. The molecule has 27 heavy (non-hydrogen) atoms. The van der Waals surface area contributed by atoms with Gasteiger partial charge in [0.15, 0.2) is 6.10 Å². The van der Waals surface area contributed by atoms with Crippen LogP contribution >= 0.6 is 0 Å². The predicted octanol–water partition coefficient (Wildman–Crippen LogP) is 3.42. The van der Waals surface area contributed by atoms with Gasteiger partial charge in [0, 0.05) is 6.42 Å². The smallest absolute Gasteiger partial charge is 0.345 e. The molecule has 2 atom stereocenters. The van der Waals surface area contributed by atoms with Gasteiger partial charge in [0.1, 0.15) is 0 Å². The highest BCUT2D eigenvalue weighted by Gasteiger charge is 2.18. The van der Waals surface area contributed by atoms with Gasteiger partial charge in [-0.25, -0.2) is 4.79 Å². The first-order valence-corrected chi connectivity index (χ1v) is 10.4. The molecule has 158 valence electrons. The van der Waals surface area contributed by atoms with E-state index in [0.717, 1.165) is 51.4 Å². The Kier molecular flexibility index (Phi) is 17.3. The molecule has 0 amide bonds. The van der Waals surface area contributed by atoms with Crippen LogP contribution in [0.1, 0.15) is 90.4 Å². The van der Waals surface area contributed by atoms with Gasteiger partial charge in [-0.3, -0.25) is 4.79 Å². The molecule has 0 aliphatic rings. The van der Waals surface area contributed by atoms with E-state index in [4.69, 9.17) is 10.2 Å². The van der Waals surface area contributed by atoms with Gasteiger partial charge >= 0.3 is 11.9 Å². The molecule has 0 fully saturated rings. The maximum absolute atomic E-state index is 11.4. The second kappa shape index (κ2) is 18.1. The SMILES string of the molecule is CCCCCCC(O)C/C=C/CCCCCCCC(=O)OC(=O)C(O)CO. The number of unbranched alkanes of at least 4 members (excludes halogenated alkanes) is 8. The van der Waals surface area contributed by atoms with E-state index < -0.39 is 24.6 Å². The fraction of sp³-hybridized carbons (Fsp3) is 0.810. The normalized spacial score (nSPS) is 13.6. The summed E-state index contributed by atoms with van der Waals surface area (Å²) in [5.74, 6) is -1.76. The first kappa shape index (κ1) is 25.8. The van der Waals surface area contributed by atoms with Crippen LogP contribution in [0.25, 0.3) is 0 Å². The van der Waals surface area contributed by atoms with Crippen LogP contribution in [0, 0.1) is 0 Å². The second-order valence-electron chi connectivity index (χ2n) is 7.01. The third kappa shape index (κ3) is 16.6. The molecule has 2 unspecified atom stereocenters. The lowest BCUT2D eigenvalue weighted by Crippen LogP contribution is -2.28. The minimum Gasteiger partial charge on any atom is -0.393 e. The zero-order chi connectivity index (χ0) is 20.3. The van der Waals surface area contributed by atoms with Crippen LogP contribution in [-0.4, -0.2) is 46.1 Å². The molecule has 0 aliphatic heterocycles. The first-order valence-electron chi connectivity index (χ1n) is 10.4. The molecule has 0 radical (unpaired) electrons. The van der Waals surface area contributed by atoms with Crippen molar-refractivity contribution in [3.8, 4) is 0 Å². The average Bonchev–Trinajstić information content (AvgIpc) is 2.65. The van der Waals surface area contributed by atoms with E-state index in [0.29, 0.717) is 6.42 Å². The fourth-order valence-electron chi connectivity index (χ4n) is 2.66. The van der Waals surface area contributed by atoms with E-state index in [-0.39, 0.29) is 12.5 Å². The number of rotatable bonds is 17. The molecule has 0 aromatic rings. The first-order chi connectivity index (χ1) is 13.0. The number of esters is 2. The minimum absolute atomic E-state index is 0.139. The molecule has 0 aliphatic carbocycles. The van der Waals surface area contributed by atoms with Crippen molar-refractivity contribution < 1.29 is 29.6 Å². The highest BCUT2D eigenvalue weighted by molar-refractivity contribution is 5.87. The zero-order valence-corrected chi connectivity index (χ0v) is 16.8. The van der Waals surface area contributed by atoms with E-state index in [1.807, 2.05) is 0 Å². The van der Waals surface area contributed by atoms with Crippen LogP contribution in [-0.2, 0) is 14.3 Å². The summed E-state index contributed by atoms with van der Waals surface area (Å²) in [5, 5.41) is 27.4. The van der Waals surface area contributed by atoms with Gasteiger partial charge in [-0.15, -0.1) is 0 Å². The van der Waals surface area contributed by atoms with Gasteiger partial charge in [0.25, 0.3) is 0 Å². The van der Waals surface area contributed by atoms with Crippen molar-refractivity contribution in [2.45, 2.75) is 103 Å². The van der Waals surface area contributed by atoms with E-state index >= 15 is 0 Å². The average molecular weight is 387 g/mol. The molecular weight excluding hydrogens is 348 g/mol. The topological polar surface area (TPSA) is 104 Å². The summed E-state index contributed by atoms with van der Waals surface area (Å²) in [6.45, 7) is 1.43. The summed E-state index contributed by atoms with van der Waals surface area (Å²) in [4.78, 5) is 22.5. The maximum Gasteiger partial charge on any atom is 0.345 e. The Balaban J connectivity index is 3.46. The standard InChI is InChI=1S/C21H38O6/c1-2-3-4-11-14-18(23)15-12-9-7-5-6-8-10-13-16-20(25)27-21(26)19(24)17-22/h9,12,18-19,22-24H,2-8,10-11,13-17H2,1H3/b12-9+. The number of aliphatic hydroxyl groups is 3. The van der Waals surface area contributed by atoms with E-state index in [2.05, 4.69) is 23.8 Å². The van der Waals surface area contributed by atoms with Crippen molar-refractivity contribution in [2.75, 3.05) is 6.61 Å². The Hall–Kier alpha value is -1.24. The molecule has 0 heterocycles. The van der Waals surface area contributed by atoms with Gasteiger partial charge in [-0.2, -0.15) is 0 Å². The quantitative estimate of drug-likeness (QED) is 0.153. The Morgan fingerprint density at radius 1 is 0.926 bits per heavy atom. The lowest BCUT2D eigenvalue weighted by Gasteiger charge is -2.07. The molecule has 6 heteroatoms. The van der Waals surface area contributed by atoms with Crippen LogP contribution in [0.2, 0.25) is 0 Å². The van der Waals surface area contributed by atoms with Gasteiger partial charge < -0.3 is 20.1 Å². The third-order valence-electron chi connectivity index (χ3n) is 4.38. The van der Waals surface area contributed by atoms with Crippen molar-refractivity contribution in [2.24, 2.45) is 0 Å². The number of carbonyl (C=O) groups is 2. The summed E-state index contributed by atoms with van der Waals surface area (Å²) in [5.41, 5.74) is 0. The van der Waals surface area contributed by atoms with Crippen molar-refractivity contribution >= 4 is 11.9 Å². The van der Waals surface area contributed by atoms with Crippen LogP contribution in [0.15, 0.2) is 12.2 Å². The molecule has 0 aromatic carbocycles. The molecule has 0 saturated heterocycles. The van der Waals surface area contributed by atoms with Gasteiger partial charge in [-0.05, 0) is 32.1 Å². The largest absolute Gasteiger partial charge is 0.393 e. The Bertz CT molecular complexity index is 407. The van der Waals surface area contributed by atoms with Crippen molar-refractivity contribution in [3.63, 3.8) is 0 Å². The van der Waals surface area contributed by atoms with Gasteiger partial charge in [0.05, 0.1) is 12.7 Å². The summed E-state index contributed by atoms with van der Waals surface area (Å²) < 4.78 is 4.41. The highest BCUT2D eigenvalue weighted by Crippen LogP contribution is 2.11. The fourth-order valence-corrected chi connectivity index (χ4v) is 2.66. The van der Waals surface area contributed by atoms with Crippen LogP contribution in [0.5, 0.6) is 0 Å². The number of hydrogen-bond donors (Lipinski definition) is 3. The Morgan fingerprint density at radius 3 is 2.30 bits per heavy atom. The van der Waals surface area contributed by atoms with E-state index in [1.165, 1.54) is 19.3 Å². The lowest BCUT2D eigenvalue weighted by molar-refractivity contribution is -0.167. The van der Waals surface area contributed by atoms with E-state index in [9.17, 15) is 14.7 Å². The molecular formula is C21H38O6. The summed E-state index contributed by atoms with van der Waals surface area (Å²) in [6, 6.07) is 0. The third-order valence-corrected chi connectivity index (χ3v) is 4.38. The molecule has 6 nitrogen and oxygen atoms in total. The van der Waals surface area contributed by atoms with Crippen LogP contribution in [0.3, 0.4) is 0 Å². The summed E-state index contributed by atoms with van der Waals surface area (Å²) in [7, 11) is 0. The highest BCUT2D eigenvalue weighted by atomic mass is 16.6. The van der Waals surface area contributed by atoms with Crippen molar-refractivity contribution in [3.05, 3.63) is 12.2 Å². The molecule has 0 rings (SSSR count). The number of carbonyl (C=O) groups excluding carboxylic acids is 2.